The van der Waals surface area contributed by atoms with Crippen LogP contribution in [0.3, 0.4) is 0 Å². The van der Waals surface area contributed by atoms with Crippen molar-refractivity contribution in [3.05, 3.63) is 53.6 Å². The van der Waals surface area contributed by atoms with Gasteiger partial charge in [0.25, 0.3) is 0 Å². The average molecular weight is 506 g/mol. The van der Waals surface area contributed by atoms with Crippen molar-refractivity contribution >= 4 is 27.5 Å². The Bertz CT molecular complexity index is 1120. The first-order chi connectivity index (χ1) is 16.5. The molecule has 0 aromatic heterocycles. The van der Waals surface area contributed by atoms with Gasteiger partial charge in [-0.2, -0.15) is 0 Å². The number of nitrogens with zero attached hydrogens (tertiary/aromatic N) is 2. The molecule has 0 bridgehead atoms. The molecule has 10 heteroatoms. The van der Waals surface area contributed by atoms with Crippen molar-refractivity contribution in [2.75, 3.05) is 37.9 Å². The molecular formula is C25H35N3O6S. The maximum Gasteiger partial charge on any atom is 0.244 e. The highest BCUT2D eigenvalue weighted by Crippen LogP contribution is 2.31. The number of nitrogens with one attached hydrogen (secondary N) is 1. The fourth-order valence-electron chi connectivity index (χ4n) is 3.73. The normalized spacial score (nSPS) is 11.9. The minimum absolute atomic E-state index is 0.126. The van der Waals surface area contributed by atoms with Gasteiger partial charge < -0.3 is 19.7 Å². The monoisotopic (exact) mass is 505 g/mol. The van der Waals surface area contributed by atoms with E-state index in [2.05, 4.69) is 5.32 Å². The predicted octanol–water partition coefficient (Wildman–Crippen LogP) is 2.72. The molecule has 1 N–H and O–H groups in total. The third-order valence-corrected chi connectivity index (χ3v) is 6.66. The number of hydrogen-bond donors (Lipinski definition) is 1. The molecule has 2 amide bonds. The highest BCUT2D eigenvalue weighted by Gasteiger charge is 2.32. The molecule has 0 aliphatic heterocycles. The molecule has 35 heavy (non-hydrogen) atoms. The van der Waals surface area contributed by atoms with Crippen LogP contribution >= 0.6 is 0 Å². The SMILES string of the molecule is CCNC(=O)[C@H](CC)N(Cc1ccc(OC)cc1)C(=O)CN(c1cc(C)ccc1OC)S(C)(=O)=O. The Kier molecular flexibility index (Phi) is 9.94. The number of amides is 2. The van der Waals surface area contributed by atoms with Gasteiger partial charge in [0.2, 0.25) is 21.8 Å². The van der Waals surface area contributed by atoms with Crippen molar-refractivity contribution in [3.8, 4) is 11.5 Å². The van der Waals surface area contributed by atoms with Crippen LogP contribution in [0.2, 0.25) is 0 Å². The molecule has 0 radical (unpaired) electrons. The van der Waals surface area contributed by atoms with E-state index in [1.165, 1.54) is 12.0 Å². The van der Waals surface area contributed by atoms with Gasteiger partial charge >= 0.3 is 0 Å². The van der Waals surface area contributed by atoms with E-state index in [-0.39, 0.29) is 18.1 Å². The summed E-state index contributed by atoms with van der Waals surface area (Å²) in [6.07, 6.45) is 1.40. The summed E-state index contributed by atoms with van der Waals surface area (Å²) in [5, 5.41) is 2.77. The maximum atomic E-state index is 13.7. The number of rotatable bonds is 12. The van der Waals surface area contributed by atoms with Gasteiger partial charge in [0, 0.05) is 13.1 Å². The van der Waals surface area contributed by atoms with E-state index in [0.29, 0.717) is 24.5 Å². The molecule has 0 saturated heterocycles. The second-order valence-electron chi connectivity index (χ2n) is 8.13. The molecule has 2 aromatic rings. The Balaban J connectivity index is 2.49. The lowest BCUT2D eigenvalue weighted by Crippen LogP contribution is -2.52. The minimum Gasteiger partial charge on any atom is -0.497 e. The number of likely N-dealkylation sites (N-methyl/N-ethyl adjacent to an activating group) is 1. The fourth-order valence-corrected chi connectivity index (χ4v) is 4.57. The summed E-state index contributed by atoms with van der Waals surface area (Å²) in [5.41, 5.74) is 1.85. The van der Waals surface area contributed by atoms with Crippen LogP contribution in [-0.2, 0) is 26.2 Å². The first kappa shape index (κ1) is 28.0. The molecule has 2 aromatic carbocycles. The molecule has 0 heterocycles. The first-order valence-electron chi connectivity index (χ1n) is 11.4. The van der Waals surface area contributed by atoms with Gasteiger partial charge in [-0.25, -0.2) is 8.42 Å². The van der Waals surface area contributed by atoms with Crippen molar-refractivity contribution < 1.29 is 27.5 Å². The zero-order valence-electron chi connectivity index (χ0n) is 21.2. The third-order valence-electron chi connectivity index (χ3n) is 5.53. The van der Waals surface area contributed by atoms with E-state index in [0.717, 1.165) is 21.7 Å². The van der Waals surface area contributed by atoms with Gasteiger partial charge in [0.05, 0.1) is 26.2 Å². The Morgan fingerprint density at radius 1 is 1.03 bits per heavy atom. The molecule has 1 atom stereocenters. The second-order valence-corrected chi connectivity index (χ2v) is 10.0. The van der Waals surface area contributed by atoms with Crippen molar-refractivity contribution in [3.63, 3.8) is 0 Å². The van der Waals surface area contributed by atoms with Gasteiger partial charge in [0.1, 0.15) is 24.1 Å². The van der Waals surface area contributed by atoms with Crippen LogP contribution in [0, 0.1) is 6.92 Å². The molecule has 0 aliphatic rings. The van der Waals surface area contributed by atoms with E-state index < -0.39 is 28.5 Å². The molecule has 0 spiro atoms. The third kappa shape index (κ3) is 7.35. The molecule has 9 nitrogen and oxygen atoms in total. The van der Waals surface area contributed by atoms with Crippen LogP contribution in [0.25, 0.3) is 0 Å². The number of anilines is 1. The van der Waals surface area contributed by atoms with Crippen LogP contribution in [0.5, 0.6) is 11.5 Å². The zero-order chi connectivity index (χ0) is 26.2. The lowest BCUT2D eigenvalue weighted by Gasteiger charge is -2.33. The molecule has 0 saturated carbocycles. The number of hydrogen-bond acceptors (Lipinski definition) is 6. The summed E-state index contributed by atoms with van der Waals surface area (Å²) in [4.78, 5) is 27.9. The Labute approximate surface area is 208 Å². The van der Waals surface area contributed by atoms with E-state index in [1.807, 2.05) is 26.0 Å². The zero-order valence-corrected chi connectivity index (χ0v) is 22.0. The van der Waals surface area contributed by atoms with Crippen molar-refractivity contribution in [2.24, 2.45) is 0 Å². The topological polar surface area (TPSA) is 105 Å². The van der Waals surface area contributed by atoms with Crippen molar-refractivity contribution in [1.29, 1.82) is 0 Å². The van der Waals surface area contributed by atoms with E-state index in [9.17, 15) is 18.0 Å². The molecule has 0 aliphatic carbocycles. The number of carbonyl (C=O) groups is 2. The quantitative estimate of drug-likeness (QED) is 0.476. The first-order valence-corrected chi connectivity index (χ1v) is 13.2. The highest BCUT2D eigenvalue weighted by molar-refractivity contribution is 7.92. The summed E-state index contributed by atoms with van der Waals surface area (Å²) >= 11 is 0. The Morgan fingerprint density at radius 2 is 1.69 bits per heavy atom. The fraction of sp³-hybridized carbons (Fsp3) is 0.440. The number of benzene rings is 2. The number of sulfonamides is 1. The molecule has 0 fully saturated rings. The number of ether oxygens (including phenoxy) is 2. The van der Waals surface area contributed by atoms with E-state index in [4.69, 9.17) is 9.47 Å². The molecule has 0 unspecified atom stereocenters. The van der Waals surface area contributed by atoms with Gasteiger partial charge in [-0.05, 0) is 55.7 Å². The summed E-state index contributed by atoms with van der Waals surface area (Å²) < 4.78 is 37.2. The summed E-state index contributed by atoms with van der Waals surface area (Å²) in [5.74, 6) is 0.187. The van der Waals surface area contributed by atoms with E-state index in [1.54, 1.807) is 44.4 Å². The molecule has 192 valence electrons. The number of aryl methyl sites for hydroxylation is 1. The number of methoxy groups -OCH3 is 2. The maximum absolute atomic E-state index is 13.7. The average Bonchev–Trinajstić information content (AvgIpc) is 2.82. The Hall–Kier alpha value is -3.27. The second kappa shape index (κ2) is 12.4. The van der Waals surface area contributed by atoms with Crippen molar-refractivity contribution in [1.82, 2.24) is 10.2 Å². The van der Waals surface area contributed by atoms with Crippen LogP contribution in [0.15, 0.2) is 42.5 Å². The standard InChI is InChI=1S/C25H35N3O6S/c1-7-21(25(30)26-8-2)27(16-19-10-12-20(33-4)13-11-19)24(29)17-28(35(6,31)32)22-15-18(3)9-14-23(22)34-5/h9-15,21H,7-8,16-17H2,1-6H3,(H,26,30)/t21-/m0/s1. The predicted molar refractivity (Wildman–Crippen MR) is 136 cm³/mol. The van der Waals surface area contributed by atoms with Gasteiger partial charge in [-0.15, -0.1) is 0 Å². The molecule has 2 rings (SSSR count). The minimum atomic E-state index is -3.85. The summed E-state index contributed by atoms with van der Waals surface area (Å²) in [6.45, 7) is 5.49. The van der Waals surface area contributed by atoms with Crippen LogP contribution in [0.1, 0.15) is 31.4 Å². The van der Waals surface area contributed by atoms with Crippen LogP contribution < -0.4 is 19.1 Å². The largest absolute Gasteiger partial charge is 0.497 e. The van der Waals surface area contributed by atoms with Crippen LogP contribution in [-0.4, -0.2) is 64.7 Å². The number of carbonyl (C=O) groups excluding carboxylic acids is 2. The van der Waals surface area contributed by atoms with Gasteiger partial charge in [-0.3, -0.25) is 13.9 Å². The van der Waals surface area contributed by atoms with E-state index >= 15 is 0 Å². The molecular weight excluding hydrogens is 470 g/mol. The summed E-state index contributed by atoms with van der Waals surface area (Å²) in [7, 11) is -0.851. The van der Waals surface area contributed by atoms with Crippen molar-refractivity contribution in [2.45, 2.75) is 39.8 Å². The van der Waals surface area contributed by atoms with Crippen LogP contribution in [0.4, 0.5) is 5.69 Å². The lowest BCUT2D eigenvalue weighted by atomic mass is 10.1. The smallest absolute Gasteiger partial charge is 0.244 e. The van der Waals surface area contributed by atoms with Gasteiger partial charge in [0.15, 0.2) is 0 Å². The highest BCUT2D eigenvalue weighted by atomic mass is 32.2. The Morgan fingerprint density at radius 3 is 2.20 bits per heavy atom. The lowest BCUT2D eigenvalue weighted by molar-refractivity contribution is -0.140. The summed E-state index contributed by atoms with van der Waals surface area (Å²) in [6, 6.07) is 11.5. The van der Waals surface area contributed by atoms with Gasteiger partial charge in [-0.1, -0.05) is 25.1 Å².